The highest BCUT2D eigenvalue weighted by molar-refractivity contribution is 7.12. The molecule has 1 N–H and O–H groups in total. The number of nitrogens with one attached hydrogen (secondary N) is 1. The lowest BCUT2D eigenvalue weighted by atomic mass is 9.89. The van der Waals surface area contributed by atoms with Gasteiger partial charge in [-0.2, -0.15) is 0 Å². The predicted molar refractivity (Wildman–Crippen MR) is 74.2 cm³/mol. The van der Waals surface area contributed by atoms with Crippen LogP contribution in [0.3, 0.4) is 0 Å². The molecule has 0 saturated carbocycles. The molecule has 0 radical (unpaired) electrons. The summed E-state index contributed by atoms with van der Waals surface area (Å²) in [6.07, 6.45) is 4.41. The average Bonchev–Trinajstić information content (AvgIpc) is 2.98. The molecule has 3 heterocycles. The highest BCUT2D eigenvalue weighted by atomic mass is 32.1. The maximum atomic E-state index is 12.3. The van der Waals surface area contributed by atoms with Gasteiger partial charge in [-0.15, -0.1) is 11.3 Å². The van der Waals surface area contributed by atoms with Crippen LogP contribution in [0.15, 0.2) is 17.5 Å². The molecule has 0 unspecified atom stereocenters. The Morgan fingerprint density at radius 3 is 2.89 bits per heavy atom. The first-order valence-corrected chi connectivity index (χ1v) is 7.70. The molecule has 2 aliphatic rings. The third-order valence-corrected chi connectivity index (χ3v) is 5.06. The van der Waals surface area contributed by atoms with Gasteiger partial charge in [-0.1, -0.05) is 6.07 Å². The smallest absolute Gasteiger partial charge is 0.263 e. The number of thiophene rings is 1. The van der Waals surface area contributed by atoms with Crippen molar-refractivity contribution in [3.63, 3.8) is 0 Å². The van der Waals surface area contributed by atoms with Gasteiger partial charge in [0.1, 0.15) is 0 Å². The van der Waals surface area contributed by atoms with Gasteiger partial charge in [0.15, 0.2) is 0 Å². The van der Waals surface area contributed by atoms with Gasteiger partial charge in [-0.25, -0.2) is 0 Å². The van der Waals surface area contributed by atoms with E-state index in [0.717, 1.165) is 43.6 Å². The quantitative estimate of drug-likeness (QED) is 0.854. The highest BCUT2D eigenvalue weighted by Crippen LogP contribution is 2.31. The zero-order valence-corrected chi connectivity index (χ0v) is 11.7. The Kier molecular flexibility index (Phi) is 3.31. The van der Waals surface area contributed by atoms with E-state index in [0.29, 0.717) is 6.42 Å². The van der Waals surface area contributed by atoms with Crippen molar-refractivity contribution in [2.75, 3.05) is 13.1 Å². The predicted octanol–water partition coefficient (Wildman–Crippen LogP) is 2.02. The number of amides is 2. The largest absolute Gasteiger partial charge is 0.351 e. The Hall–Kier alpha value is -1.36. The van der Waals surface area contributed by atoms with Crippen molar-refractivity contribution < 1.29 is 9.59 Å². The molecular weight excluding hydrogens is 260 g/mol. The van der Waals surface area contributed by atoms with Crippen LogP contribution >= 0.6 is 11.3 Å². The van der Waals surface area contributed by atoms with Gasteiger partial charge >= 0.3 is 0 Å². The minimum atomic E-state index is -0.0401. The number of rotatable bonds is 1. The number of carbonyl (C=O) groups is 2. The van der Waals surface area contributed by atoms with Crippen LogP contribution in [0.4, 0.5) is 0 Å². The molecule has 0 bridgehead atoms. The first-order chi connectivity index (χ1) is 9.19. The molecule has 2 fully saturated rings. The van der Waals surface area contributed by atoms with Gasteiger partial charge in [-0.3, -0.25) is 9.59 Å². The zero-order valence-electron chi connectivity index (χ0n) is 10.9. The van der Waals surface area contributed by atoms with Gasteiger partial charge < -0.3 is 10.2 Å². The maximum absolute atomic E-state index is 12.3. The monoisotopic (exact) mass is 278 g/mol. The molecule has 0 aromatic carbocycles. The Balaban J connectivity index is 1.68. The summed E-state index contributed by atoms with van der Waals surface area (Å²) in [6.45, 7) is 1.55. The Bertz CT molecular complexity index is 486. The van der Waals surface area contributed by atoms with Crippen molar-refractivity contribution in [3.05, 3.63) is 22.4 Å². The summed E-state index contributed by atoms with van der Waals surface area (Å²) < 4.78 is 0. The normalized spacial score (nSPS) is 27.4. The lowest BCUT2D eigenvalue weighted by Gasteiger charge is -2.27. The zero-order chi connectivity index (χ0) is 13.3. The highest BCUT2D eigenvalue weighted by Gasteiger charge is 2.39. The number of likely N-dealkylation sites (tertiary alicyclic amines) is 1. The average molecular weight is 278 g/mol. The second kappa shape index (κ2) is 4.96. The molecule has 1 aromatic heterocycles. The van der Waals surface area contributed by atoms with Crippen molar-refractivity contribution >= 4 is 23.2 Å². The van der Waals surface area contributed by atoms with Gasteiger partial charge in [0, 0.05) is 25.0 Å². The molecule has 102 valence electrons. The summed E-state index contributed by atoms with van der Waals surface area (Å²) in [5.74, 6) is 0.300. The standard InChI is InChI=1S/C14H18N2O2S/c17-12-4-6-14(15-12)5-2-8-16(9-7-14)13(18)11-3-1-10-19-11/h1,3,10H,2,4-9H2,(H,15,17)/t14-/m0/s1. The molecule has 19 heavy (non-hydrogen) atoms. The molecule has 2 aliphatic heterocycles. The molecule has 1 spiro atoms. The molecule has 3 rings (SSSR count). The summed E-state index contributed by atoms with van der Waals surface area (Å²) in [5.41, 5.74) is -0.0401. The van der Waals surface area contributed by atoms with Crippen LogP contribution in [0.25, 0.3) is 0 Å². The Labute approximate surface area is 116 Å². The van der Waals surface area contributed by atoms with Gasteiger partial charge in [0.05, 0.1) is 4.88 Å². The summed E-state index contributed by atoms with van der Waals surface area (Å²) in [6, 6.07) is 3.79. The minimum Gasteiger partial charge on any atom is -0.351 e. The van der Waals surface area contributed by atoms with E-state index in [1.165, 1.54) is 11.3 Å². The minimum absolute atomic E-state index is 0.0401. The second-order valence-corrected chi connectivity index (χ2v) is 6.40. The fourth-order valence-electron chi connectivity index (χ4n) is 3.10. The van der Waals surface area contributed by atoms with E-state index in [2.05, 4.69) is 5.32 Å². The van der Waals surface area contributed by atoms with Crippen molar-refractivity contribution in [3.8, 4) is 0 Å². The van der Waals surface area contributed by atoms with Crippen molar-refractivity contribution in [1.82, 2.24) is 10.2 Å². The fraction of sp³-hybridized carbons (Fsp3) is 0.571. The molecule has 2 amide bonds. The molecule has 1 atom stereocenters. The van der Waals surface area contributed by atoms with Crippen LogP contribution < -0.4 is 5.32 Å². The third kappa shape index (κ3) is 2.52. The number of carbonyl (C=O) groups excluding carboxylic acids is 2. The lowest BCUT2D eigenvalue weighted by Crippen LogP contribution is -2.42. The Morgan fingerprint density at radius 2 is 2.21 bits per heavy atom. The van der Waals surface area contributed by atoms with Crippen LogP contribution in [-0.4, -0.2) is 35.3 Å². The molecule has 4 nitrogen and oxygen atoms in total. The maximum Gasteiger partial charge on any atom is 0.263 e. The van der Waals surface area contributed by atoms with Crippen molar-refractivity contribution in [2.45, 2.75) is 37.6 Å². The molecule has 2 saturated heterocycles. The van der Waals surface area contributed by atoms with Crippen LogP contribution in [0.1, 0.15) is 41.8 Å². The fourth-order valence-corrected chi connectivity index (χ4v) is 3.79. The van der Waals surface area contributed by atoms with Crippen LogP contribution in [0, 0.1) is 0 Å². The number of nitrogens with zero attached hydrogens (tertiary/aromatic N) is 1. The summed E-state index contributed by atoms with van der Waals surface area (Å²) in [4.78, 5) is 26.5. The van der Waals surface area contributed by atoms with E-state index >= 15 is 0 Å². The summed E-state index contributed by atoms with van der Waals surface area (Å²) in [5, 5.41) is 5.06. The molecule has 0 aliphatic carbocycles. The van der Waals surface area contributed by atoms with E-state index in [9.17, 15) is 9.59 Å². The van der Waals surface area contributed by atoms with Crippen molar-refractivity contribution in [1.29, 1.82) is 0 Å². The summed E-state index contributed by atoms with van der Waals surface area (Å²) >= 11 is 1.49. The molecule has 1 aromatic rings. The van der Waals surface area contributed by atoms with E-state index in [1.807, 2.05) is 22.4 Å². The number of hydrogen-bond donors (Lipinski definition) is 1. The molecular formula is C14H18N2O2S. The van der Waals surface area contributed by atoms with E-state index in [-0.39, 0.29) is 17.4 Å². The van der Waals surface area contributed by atoms with Gasteiger partial charge in [-0.05, 0) is 37.1 Å². The van der Waals surface area contributed by atoms with Crippen LogP contribution in [0.2, 0.25) is 0 Å². The number of hydrogen-bond acceptors (Lipinski definition) is 3. The van der Waals surface area contributed by atoms with Crippen LogP contribution in [-0.2, 0) is 4.79 Å². The van der Waals surface area contributed by atoms with Gasteiger partial charge in [0.25, 0.3) is 5.91 Å². The van der Waals surface area contributed by atoms with E-state index < -0.39 is 0 Å². The lowest BCUT2D eigenvalue weighted by molar-refractivity contribution is -0.119. The van der Waals surface area contributed by atoms with E-state index in [1.54, 1.807) is 0 Å². The molecule has 5 heteroatoms. The van der Waals surface area contributed by atoms with Crippen molar-refractivity contribution in [2.24, 2.45) is 0 Å². The Morgan fingerprint density at radius 1 is 1.32 bits per heavy atom. The topological polar surface area (TPSA) is 49.4 Å². The summed E-state index contributed by atoms with van der Waals surface area (Å²) in [7, 11) is 0. The van der Waals surface area contributed by atoms with Gasteiger partial charge in [0.2, 0.25) is 5.91 Å². The van der Waals surface area contributed by atoms with Crippen LogP contribution in [0.5, 0.6) is 0 Å². The SMILES string of the molecule is O=C1CC[C@]2(CCCN(C(=O)c3cccs3)CC2)N1. The first kappa shape index (κ1) is 12.7. The third-order valence-electron chi connectivity index (χ3n) is 4.20. The van der Waals surface area contributed by atoms with E-state index in [4.69, 9.17) is 0 Å². The first-order valence-electron chi connectivity index (χ1n) is 6.82. The second-order valence-electron chi connectivity index (χ2n) is 5.45.